The van der Waals surface area contributed by atoms with E-state index >= 15 is 0 Å². The Morgan fingerprint density at radius 2 is 1.71 bits per heavy atom. The van der Waals surface area contributed by atoms with Crippen LogP contribution in [0.15, 0.2) is 48.0 Å². The van der Waals surface area contributed by atoms with E-state index in [1.165, 1.54) is 7.11 Å². The molecule has 8 nitrogen and oxygen atoms in total. The predicted octanol–water partition coefficient (Wildman–Crippen LogP) is 5.04. The third-order valence-electron chi connectivity index (χ3n) is 6.91. The van der Waals surface area contributed by atoms with Gasteiger partial charge in [-0.3, -0.25) is 9.59 Å². The minimum atomic E-state index is -0.767. The van der Waals surface area contributed by atoms with Crippen molar-refractivity contribution >= 4 is 17.4 Å². The molecule has 0 aliphatic carbocycles. The summed E-state index contributed by atoms with van der Waals surface area (Å²) >= 11 is 0. The van der Waals surface area contributed by atoms with Gasteiger partial charge >= 0.3 is 0 Å². The summed E-state index contributed by atoms with van der Waals surface area (Å²) < 4.78 is 16.7. The number of hydrogen-bond acceptors (Lipinski definition) is 7. The molecule has 0 radical (unpaired) electrons. The van der Waals surface area contributed by atoms with Crippen molar-refractivity contribution < 1.29 is 28.9 Å². The fourth-order valence-corrected chi connectivity index (χ4v) is 4.71. The quantitative estimate of drug-likeness (QED) is 0.160. The molecular formula is C30H40N2O6. The molecule has 8 heteroatoms. The number of rotatable bonds is 14. The summed E-state index contributed by atoms with van der Waals surface area (Å²) in [6, 6.07) is 11.5. The van der Waals surface area contributed by atoms with Gasteiger partial charge in [0.05, 0.1) is 32.4 Å². The minimum absolute atomic E-state index is 0.0516. The van der Waals surface area contributed by atoms with Crippen molar-refractivity contribution in [1.29, 1.82) is 0 Å². The number of aliphatic hydroxyl groups excluding tert-OH is 1. The molecule has 0 bridgehead atoms. The number of nitrogens with zero attached hydrogens (tertiary/aromatic N) is 2. The Kier molecular flexibility index (Phi) is 10.6. The Balaban J connectivity index is 2.06. The van der Waals surface area contributed by atoms with Crippen LogP contribution in [-0.2, 0) is 9.59 Å². The highest BCUT2D eigenvalue weighted by molar-refractivity contribution is 6.46. The summed E-state index contributed by atoms with van der Waals surface area (Å²) in [7, 11) is 3.08. The number of aliphatic hydroxyl groups is 1. The molecule has 0 aromatic heterocycles. The Morgan fingerprint density at radius 3 is 2.37 bits per heavy atom. The number of Topliss-reactive ketones (excluding diaryl/α,β-unsaturated/α-hetero) is 1. The molecule has 1 atom stereocenters. The number of benzene rings is 2. The van der Waals surface area contributed by atoms with E-state index in [4.69, 9.17) is 14.2 Å². The summed E-state index contributed by atoms with van der Waals surface area (Å²) in [5, 5.41) is 11.4. The van der Waals surface area contributed by atoms with Crippen LogP contribution in [0.3, 0.4) is 0 Å². The van der Waals surface area contributed by atoms with E-state index < -0.39 is 17.7 Å². The van der Waals surface area contributed by atoms with Crippen LogP contribution in [0.1, 0.15) is 57.2 Å². The molecule has 1 saturated heterocycles. The maximum atomic E-state index is 13.4. The molecule has 2 aromatic carbocycles. The van der Waals surface area contributed by atoms with E-state index in [1.807, 2.05) is 6.07 Å². The number of carbonyl (C=O) groups is 2. The van der Waals surface area contributed by atoms with Gasteiger partial charge in [-0.05, 0) is 62.3 Å². The van der Waals surface area contributed by atoms with E-state index in [1.54, 1.807) is 48.4 Å². The van der Waals surface area contributed by atoms with Gasteiger partial charge < -0.3 is 29.1 Å². The second-order valence-electron chi connectivity index (χ2n) is 9.22. The van der Waals surface area contributed by atoms with Gasteiger partial charge in [0.2, 0.25) is 0 Å². The predicted molar refractivity (Wildman–Crippen MR) is 148 cm³/mol. The van der Waals surface area contributed by atoms with E-state index in [9.17, 15) is 14.7 Å². The number of unbranched alkanes of at least 4 members (excludes halogenated alkanes) is 1. The van der Waals surface area contributed by atoms with Crippen molar-refractivity contribution in [2.75, 3.05) is 47.0 Å². The Morgan fingerprint density at radius 1 is 0.974 bits per heavy atom. The van der Waals surface area contributed by atoms with Crippen LogP contribution in [0.5, 0.6) is 17.2 Å². The second kappa shape index (κ2) is 13.9. The van der Waals surface area contributed by atoms with Crippen molar-refractivity contribution in [2.24, 2.45) is 0 Å². The number of carbonyl (C=O) groups excluding carboxylic acids is 2. The monoisotopic (exact) mass is 524 g/mol. The molecule has 0 spiro atoms. The summed E-state index contributed by atoms with van der Waals surface area (Å²) in [6.45, 7) is 9.82. The van der Waals surface area contributed by atoms with Crippen LogP contribution in [0.25, 0.3) is 5.76 Å². The molecule has 3 rings (SSSR count). The highest BCUT2D eigenvalue weighted by Gasteiger charge is 2.46. The largest absolute Gasteiger partial charge is 0.507 e. The number of hydrogen-bond donors (Lipinski definition) is 1. The SMILES string of the molecule is CCCCOc1cccc(/C(O)=C2\C(=O)C(=O)N(CCCN(CC)CC)C2c2ccc(OC)c(OC)c2)c1. The number of ether oxygens (including phenoxy) is 3. The molecule has 206 valence electrons. The van der Waals surface area contributed by atoms with E-state index in [0.717, 1.165) is 32.5 Å². The van der Waals surface area contributed by atoms with E-state index in [-0.39, 0.29) is 11.3 Å². The first-order chi connectivity index (χ1) is 18.4. The van der Waals surface area contributed by atoms with Crippen molar-refractivity contribution in [2.45, 2.75) is 46.1 Å². The molecule has 38 heavy (non-hydrogen) atoms. The third kappa shape index (κ3) is 6.48. The second-order valence-corrected chi connectivity index (χ2v) is 9.22. The molecule has 0 saturated carbocycles. The van der Waals surface area contributed by atoms with Crippen molar-refractivity contribution in [3.63, 3.8) is 0 Å². The number of amides is 1. The standard InChI is InChI=1S/C30H40N2O6/c1-6-9-18-38-23-13-10-12-22(19-23)28(33)26-27(21-14-15-24(36-4)25(20-21)37-5)32(30(35)29(26)34)17-11-16-31(7-2)8-3/h10,12-15,19-20,27,33H,6-9,11,16-18H2,1-5H3/b28-26+. The first kappa shape index (κ1) is 29.0. The average molecular weight is 525 g/mol. The van der Waals surface area contributed by atoms with Gasteiger partial charge in [0.25, 0.3) is 11.7 Å². The van der Waals surface area contributed by atoms with Crippen LogP contribution in [0, 0.1) is 0 Å². The summed E-state index contributed by atoms with van der Waals surface area (Å²) in [5.74, 6) is 0.0503. The molecule has 1 aliphatic rings. The van der Waals surface area contributed by atoms with Gasteiger partial charge in [0, 0.05) is 12.1 Å². The third-order valence-corrected chi connectivity index (χ3v) is 6.91. The Bertz CT molecular complexity index is 1140. The summed E-state index contributed by atoms with van der Waals surface area (Å²) in [5.41, 5.74) is 1.13. The topological polar surface area (TPSA) is 88.5 Å². The first-order valence-corrected chi connectivity index (χ1v) is 13.4. The van der Waals surface area contributed by atoms with Crippen LogP contribution in [-0.4, -0.2) is 73.6 Å². The molecule has 1 N–H and O–H groups in total. The first-order valence-electron chi connectivity index (χ1n) is 13.4. The number of likely N-dealkylation sites (tertiary alicyclic amines) is 1. The zero-order valence-corrected chi connectivity index (χ0v) is 23.2. The van der Waals surface area contributed by atoms with E-state index in [2.05, 4.69) is 25.7 Å². The molecule has 1 heterocycles. The van der Waals surface area contributed by atoms with E-state index in [0.29, 0.717) is 47.9 Å². The van der Waals surface area contributed by atoms with Gasteiger partial charge in [-0.2, -0.15) is 0 Å². The van der Waals surface area contributed by atoms with Crippen LogP contribution in [0.2, 0.25) is 0 Å². The highest BCUT2D eigenvalue weighted by atomic mass is 16.5. The van der Waals surface area contributed by atoms with Crippen LogP contribution < -0.4 is 14.2 Å². The molecule has 2 aromatic rings. The van der Waals surface area contributed by atoms with Gasteiger partial charge in [0.1, 0.15) is 11.5 Å². The fourth-order valence-electron chi connectivity index (χ4n) is 4.71. The Labute approximate surface area is 225 Å². The zero-order chi connectivity index (χ0) is 27.7. The molecular weight excluding hydrogens is 484 g/mol. The van der Waals surface area contributed by atoms with Crippen molar-refractivity contribution in [1.82, 2.24) is 9.80 Å². The summed E-state index contributed by atoms with van der Waals surface area (Å²) in [4.78, 5) is 30.5. The van der Waals surface area contributed by atoms with Gasteiger partial charge in [-0.1, -0.05) is 45.4 Å². The lowest BCUT2D eigenvalue weighted by molar-refractivity contribution is -0.140. The van der Waals surface area contributed by atoms with Gasteiger partial charge in [-0.15, -0.1) is 0 Å². The fraction of sp³-hybridized carbons (Fsp3) is 0.467. The lowest BCUT2D eigenvalue weighted by Crippen LogP contribution is -2.33. The minimum Gasteiger partial charge on any atom is -0.507 e. The lowest BCUT2D eigenvalue weighted by atomic mass is 9.95. The van der Waals surface area contributed by atoms with Crippen molar-refractivity contribution in [3.05, 3.63) is 59.2 Å². The smallest absolute Gasteiger partial charge is 0.295 e. The number of ketones is 1. The lowest BCUT2D eigenvalue weighted by Gasteiger charge is -2.27. The highest BCUT2D eigenvalue weighted by Crippen LogP contribution is 2.42. The summed E-state index contributed by atoms with van der Waals surface area (Å²) in [6.07, 6.45) is 2.61. The van der Waals surface area contributed by atoms with Crippen LogP contribution >= 0.6 is 0 Å². The van der Waals surface area contributed by atoms with Gasteiger partial charge in [0.15, 0.2) is 11.5 Å². The van der Waals surface area contributed by atoms with Crippen LogP contribution in [0.4, 0.5) is 0 Å². The molecule has 1 fully saturated rings. The molecule has 1 aliphatic heterocycles. The Hall–Kier alpha value is -3.52. The maximum absolute atomic E-state index is 13.4. The number of methoxy groups -OCH3 is 2. The zero-order valence-electron chi connectivity index (χ0n) is 23.2. The van der Waals surface area contributed by atoms with Crippen molar-refractivity contribution in [3.8, 4) is 17.2 Å². The maximum Gasteiger partial charge on any atom is 0.295 e. The molecule has 1 amide bonds. The molecule has 1 unspecified atom stereocenters. The normalized spacial score (nSPS) is 16.8. The average Bonchev–Trinajstić information content (AvgIpc) is 3.19. The van der Waals surface area contributed by atoms with Gasteiger partial charge in [-0.25, -0.2) is 0 Å².